The van der Waals surface area contributed by atoms with E-state index in [2.05, 4.69) is 10.1 Å². The molecule has 19 heavy (non-hydrogen) atoms. The highest BCUT2D eigenvalue weighted by Crippen LogP contribution is 2.19. The summed E-state index contributed by atoms with van der Waals surface area (Å²) in [7, 11) is 0. The molecule has 0 radical (unpaired) electrons. The van der Waals surface area contributed by atoms with Crippen LogP contribution in [0.3, 0.4) is 0 Å². The Labute approximate surface area is 110 Å². The summed E-state index contributed by atoms with van der Waals surface area (Å²) in [6.07, 6.45) is -4.34. The van der Waals surface area contributed by atoms with Gasteiger partial charge in [0.1, 0.15) is 5.75 Å². The highest BCUT2D eigenvalue weighted by atomic mass is 19.4. The molecule has 0 spiro atoms. The van der Waals surface area contributed by atoms with Crippen LogP contribution < -0.4 is 10.1 Å². The lowest BCUT2D eigenvalue weighted by atomic mass is 10.1. The number of hydrogen-bond donors (Lipinski definition) is 2. The van der Waals surface area contributed by atoms with Crippen molar-refractivity contribution in [1.82, 2.24) is 5.32 Å². The topological polar surface area (TPSA) is 41.5 Å². The van der Waals surface area contributed by atoms with Crippen molar-refractivity contribution >= 4 is 0 Å². The van der Waals surface area contributed by atoms with E-state index >= 15 is 0 Å². The van der Waals surface area contributed by atoms with E-state index in [1.54, 1.807) is 18.2 Å². The molecule has 0 heterocycles. The molecule has 0 atom stereocenters. The molecule has 0 unspecified atom stereocenters. The van der Waals surface area contributed by atoms with Crippen molar-refractivity contribution in [3.63, 3.8) is 0 Å². The summed E-state index contributed by atoms with van der Waals surface area (Å²) in [5, 5.41) is 12.2. The lowest BCUT2D eigenvalue weighted by molar-refractivity contribution is -0.153. The highest BCUT2D eigenvalue weighted by molar-refractivity contribution is 5.28. The second-order valence-corrected chi connectivity index (χ2v) is 4.95. The van der Waals surface area contributed by atoms with E-state index in [1.165, 1.54) is 6.07 Å². The fraction of sp³-hybridized carbons (Fsp3) is 0.538. The van der Waals surface area contributed by atoms with Gasteiger partial charge < -0.3 is 15.2 Å². The van der Waals surface area contributed by atoms with E-state index < -0.39 is 18.3 Å². The Morgan fingerprint density at radius 2 is 1.95 bits per heavy atom. The Morgan fingerprint density at radius 3 is 2.53 bits per heavy atom. The molecule has 3 nitrogen and oxygen atoms in total. The summed E-state index contributed by atoms with van der Waals surface area (Å²) in [4.78, 5) is 0. The molecule has 1 aromatic carbocycles. The number of halogens is 3. The van der Waals surface area contributed by atoms with Crippen LogP contribution in [0.15, 0.2) is 24.3 Å². The maximum Gasteiger partial charge on any atom is 0.422 e. The first-order valence-electron chi connectivity index (χ1n) is 5.86. The van der Waals surface area contributed by atoms with Gasteiger partial charge in [0.2, 0.25) is 0 Å². The van der Waals surface area contributed by atoms with Gasteiger partial charge in [-0.1, -0.05) is 12.1 Å². The Bertz CT molecular complexity index is 405. The monoisotopic (exact) mass is 277 g/mol. The first kappa shape index (κ1) is 15.8. The number of alkyl halides is 3. The van der Waals surface area contributed by atoms with Gasteiger partial charge in [-0.3, -0.25) is 0 Å². The lowest BCUT2D eigenvalue weighted by Crippen LogP contribution is -2.42. The van der Waals surface area contributed by atoms with Gasteiger partial charge in [0, 0.05) is 12.1 Å². The zero-order chi connectivity index (χ0) is 14.5. The van der Waals surface area contributed by atoms with Crippen LogP contribution in [0.25, 0.3) is 0 Å². The summed E-state index contributed by atoms with van der Waals surface area (Å²) >= 11 is 0. The fourth-order valence-electron chi connectivity index (χ4n) is 1.31. The molecule has 1 rings (SSSR count). The second-order valence-electron chi connectivity index (χ2n) is 4.95. The molecule has 1 aromatic rings. The molecule has 0 saturated heterocycles. The number of benzene rings is 1. The molecule has 0 aliphatic heterocycles. The van der Waals surface area contributed by atoms with Gasteiger partial charge in [0.05, 0.1) is 6.61 Å². The smallest absolute Gasteiger partial charge is 0.422 e. The van der Waals surface area contributed by atoms with E-state index in [0.29, 0.717) is 6.54 Å². The first-order chi connectivity index (χ1) is 8.72. The number of rotatable bonds is 6. The third kappa shape index (κ3) is 6.45. The standard InChI is InChI=1S/C13H18F3NO2/c1-12(2,8-18)17-7-10-4-3-5-11(6-10)19-9-13(14,15)16/h3-6,17-18H,7-9H2,1-2H3. The van der Waals surface area contributed by atoms with Gasteiger partial charge >= 0.3 is 6.18 Å². The van der Waals surface area contributed by atoms with E-state index in [0.717, 1.165) is 5.56 Å². The molecule has 0 amide bonds. The van der Waals surface area contributed by atoms with Crippen molar-refractivity contribution < 1.29 is 23.0 Å². The Hall–Kier alpha value is -1.27. The summed E-state index contributed by atoms with van der Waals surface area (Å²) in [6, 6.07) is 6.44. The number of nitrogens with one attached hydrogen (secondary N) is 1. The van der Waals surface area contributed by atoms with E-state index in [4.69, 9.17) is 5.11 Å². The van der Waals surface area contributed by atoms with Gasteiger partial charge in [-0.25, -0.2) is 0 Å². The number of hydrogen-bond acceptors (Lipinski definition) is 3. The van der Waals surface area contributed by atoms with E-state index in [-0.39, 0.29) is 12.4 Å². The normalized spacial score (nSPS) is 12.5. The van der Waals surface area contributed by atoms with Gasteiger partial charge in [-0.2, -0.15) is 13.2 Å². The maximum absolute atomic E-state index is 12.0. The van der Waals surface area contributed by atoms with Gasteiger partial charge in [-0.05, 0) is 31.5 Å². The Kier molecular flexibility index (Phi) is 5.20. The molecular weight excluding hydrogens is 259 g/mol. The van der Waals surface area contributed by atoms with Crippen LogP contribution in [0.2, 0.25) is 0 Å². The Balaban J connectivity index is 2.57. The van der Waals surface area contributed by atoms with Crippen molar-refractivity contribution in [2.75, 3.05) is 13.2 Å². The third-order valence-electron chi connectivity index (χ3n) is 2.47. The van der Waals surface area contributed by atoms with Crippen LogP contribution >= 0.6 is 0 Å². The van der Waals surface area contributed by atoms with Crippen molar-refractivity contribution in [3.8, 4) is 5.75 Å². The SMILES string of the molecule is CC(C)(CO)NCc1cccc(OCC(F)(F)F)c1. The van der Waals surface area contributed by atoms with Gasteiger partial charge in [-0.15, -0.1) is 0 Å². The number of aliphatic hydroxyl groups is 1. The van der Waals surface area contributed by atoms with Crippen LogP contribution in [0.4, 0.5) is 13.2 Å². The van der Waals surface area contributed by atoms with Crippen LogP contribution in [-0.2, 0) is 6.54 Å². The first-order valence-corrected chi connectivity index (χ1v) is 5.86. The summed E-state index contributed by atoms with van der Waals surface area (Å²) in [6.45, 7) is 2.77. The number of ether oxygens (including phenoxy) is 1. The molecule has 0 saturated carbocycles. The Morgan fingerprint density at radius 1 is 1.26 bits per heavy atom. The summed E-state index contributed by atoms with van der Waals surface area (Å²) in [5.41, 5.74) is 0.351. The molecule has 108 valence electrons. The molecule has 0 bridgehead atoms. The minimum Gasteiger partial charge on any atom is -0.484 e. The predicted molar refractivity (Wildman–Crippen MR) is 66.0 cm³/mol. The van der Waals surface area contributed by atoms with Crippen molar-refractivity contribution in [2.45, 2.75) is 32.1 Å². The molecule has 0 aromatic heterocycles. The fourth-order valence-corrected chi connectivity index (χ4v) is 1.31. The molecular formula is C13H18F3NO2. The average Bonchev–Trinajstić information content (AvgIpc) is 2.34. The minimum absolute atomic E-state index is 0.0305. The molecule has 2 N–H and O–H groups in total. The molecule has 0 fully saturated rings. The van der Waals surface area contributed by atoms with Crippen molar-refractivity contribution in [3.05, 3.63) is 29.8 Å². The van der Waals surface area contributed by atoms with Crippen molar-refractivity contribution in [1.29, 1.82) is 0 Å². The van der Waals surface area contributed by atoms with Crippen LogP contribution in [0.1, 0.15) is 19.4 Å². The zero-order valence-electron chi connectivity index (χ0n) is 10.9. The zero-order valence-corrected chi connectivity index (χ0v) is 10.9. The van der Waals surface area contributed by atoms with Crippen LogP contribution in [0, 0.1) is 0 Å². The summed E-state index contributed by atoms with van der Waals surface area (Å²) < 4.78 is 40.7. The molecule has 0 aliphatic rings. The number of aliphatic hydroxyl groups excluding tert-OH is 1. The van der Waals surface area contributed by atoms with Crippen LogP contribution in [0.5, 0.6) is 5.75 Å². The van der Waals surface area contributed by atoms with Crippen LogP contribution in [-0.4, -0.2) is 30.0 Å². The quantitative estimate of drug-likeness (QED) is 0.839. The predicted octanol–water partition coefficient (Wildman–Crippen LogP) is 2.49. The lowest BCUT2D eigenvalue weighted by Gasteiger charge is -2.23. The largest absolute Gasteiger partial charge is 0.484 e. The van der Waals surface area contributed by atoms with E-state index in [1.807, 2.05) is 13.8 Å². The van der Waals surface area contributed by atoms with Gasteiger partial charge in [0.25, 0.3) is 0 Å². The third-order valence-corrected chi connectivity index (χ3v) is 2.47. The summed E-state index contributed by atoms with van der Waals surface area (Å²) in [5.74, 6) is 0.179. The highest BCUT2D eigenvalue weighted by Gasteiger charge is 2.28. The minimum atomic E-state index is -4.34. The van der Waals surface area contributed by atoms with Gasteiger partial charge in [0.15, 0.2) is 6.61 Å². The second kappa shape index (κ2) is 6.25. The van der Waals surface area contributed by atoms with Crippen molar-refractivity contribution in [2.24, 2.45) is 0 Å². The molecule has 6 heteroatoms. The van der Waals surface area contributed by atoms with E-state index in [9.17, 15) is 13.2 Å². The average molecular weight is 277 g/mol. The molecule has 0 aliphatic carbocycles. The maximum atomic E-state index is 12.0.